The number of rotatable bonds is 5. The van der Waals surface area contributed by atoms with E-state index in [4.69, 9.17) is 4.74 Å². The first-order chi connectivity index (χ1) is 10.8. The Morgan fingerprint density at radius 3 is 3.05 bits per heavy atom. The Balaban J connectivity index is 1.56. The van der Waals surface area contributed by atoms with Crippen LogP contribution in [0.25, 0.3) is 10.3 Å². The summed E-state index contributed by atoms with van der Waals surface area (Å²) in [5.41, 5.74) is 0.946. The number of amides is 1. The summed E-state index contributed by atoms with van der Waals surface area (Å²) < 4.78 is 4.95. The van der Waals surface area contributed by atoms with E-state index in [1.54, 1.807) is 24.6 Å². The monoisotopic (exact) mass is 320 g/mol. The number of ether oxygens (including phenoxy) is 1. The van der Waals surface area contributed by atoms with Crippen molar-refractivity contribution in [3.8, 4) is 0 Å². The molecule has 0 aliphatic carbocycles. The first-order valence-corrected chi connectivity index (χ1v) is 8.32. The second-order valence-electron chi connectivity index (χ2n) is 5.37. The number of thiazole rings is 1. The van der Waals surface area contributed by atoms with Crippen molar-refractivity contribution in [3.63, 3.8) is 0 Å². The van der Waals surface area contributed by atoms with Gasteiger partial charge in [0.15, 0.2) is 5.13 Å². The van der Waals surface area contributed by atoms with Gasteiger partial charge in [-0.25, -0.2) is 9.97 Å². The highest BCUT2D eigenvalue weighted by Crippen LogP contribution is 2.30. The molecule has 1 aliphatic heterocycles. The zero-order chi connectivity index (χ0) is 15.4. The van der Waals surface area contributed by atoms with E-state index in [9.17, 15) is 4.79 Å². The summed E-state index contributed by atoms with van der Waals surface area (Å²) in [6.45, 7) is 2.87. The number of anilines is 1. The number of hydrogen-bond acceptors (Lipinski definition) is 6. The Hall–Kier alpha value is -1.73. The molecule has 1 N–H and O–H groups in total. The lowest BCUT2D eigenvalue weighted by molar-refractivity contribution is -0.125. The largest absolute Gasteiger partial charge is 0.383 e. The van der Waals surface area contributed by atoms with Crippen LogP contribution < -0.4 is 10.2 Å². The van der Waals surface area contributed by atoms with E-state index < -0.39 is 0 Å². The highest BCUT2D eigenvalue weighted by Gasteiger charge is 2.26. The summed E-state index contributed by atoms with van der Waals surface area (Å²) in [7, 11) is 1.64. The molecule has 1 fully saturated rings. The third-order valence-electron chi connectivity index (χ3n) is 3.90. The number of methoxy groups -OCH3 is 1. The van der Waals surface area contributed by atoms with Gasteiger partial charge in [-0.15, -0.1) is 0 Å². The molecule has 2 aromatic rings. The van der Waals surface area contributed by atoms with Gasteiger partial charge in [-0.2, -0.15) is 0 Å². The molecule has 0 spiro atoms. The summed E-state index contributed by atoms with van der Waals surface area (Å²) in [4.78, 5) is 24.2. The Bertz CT molecular complexity index is 604. The summed E-state index contributed by atoms with van der Waals surface area (Å²) in [5.74, 6) is 0.239. The molecule has 0 saturated carbocycles. The lowest BCUT2D eigenvalue weighted by Gasteiger charge is -2.30. The van der Waals surface area contributed by atoms with Crippen LogP contribution in [0.2, 0.25) is 0 Å². The van der Waals surface area contributed by atoms with Crippen molar-refractivity contribution in [2.24, 2.45) is 5.92 Å². The topological polar surface area (TPSA) is 67.3 Å². The van der Waals surface area contributed by atoms with E-state index >= 15 is 0 Å². The summed E-state index contributed by atoms with van der Waals surface area (Å²) >= 11 is 1.62. The standard InChI is InChI=1S/C15H20N4O2S/c1-21-10-7-16-13(20)11-4-8-19(9-5-11)15-18-12-3-2-6-17-14(12)22-15/h2-3,6,11H,4-5,7-10H2,1H3,(H,16,20). The summed E-state index contributed by atoms with van der Waals surface area (Å²) in [6, 6.07) is 3.89. The number of hydrogen-bond donors (Lipinski definition) is 1. The molecule has 7 heteroatoms. The van der Waals surface area contributed by atoms with E-state index in [0.717, 1.165) is 41.4 Å². The van der Waals surface area contributed by atoms with Gasteiger partial charge in [-0.3, -0.25) is 4.79 Å². The Morgan fingerprint density at radius 2 is 2.32 bits per heavy atom. The number of piperidine rings is 1. The maximum Gasteiger partial charge on any atom is 0.223 e. The number of aromatic nitrogens is 2. The first kappa shape index (κ1) is 15.2. The predicted octanol–water partition coefficient (Wildman–Crippen LogP) is 1.67. The van der Waals surface area contributed by atoms with Crippen LogP contribution in [0.3, 0.4) is 0 Å². The van der Waals surface area contributed by atoms with Crippen LogP contribution in [-0.2, 0) is 9.53 Å². The molecule has 0 bridgehead atoms. The van der Waals surface area contributed by atoms with Crippen molar-refractivity contribution in [1.82, 2.24) is 15.3 Å². The fourth-order valence-electron chi connectivity index (χ4n) is 2.65. The highest BCUT2D eigenvalue weighted by atomic mass is 32.1. The molecular formula is C15H20N4O2S. The number of pyridine rings is 1. The Labute approximate surface area is 133 Å². The molecule has 22 heavy (non-hydrogen) atoms. The van der Waals surface area contributed by atoms with Crippen LogP contribution in [0, 0.1) is 5.92 Å². The van der Waals surface area contributed by atoms with E-state index in [1.165, 1.54) is 0 Å². The van der Waals surface area contributed by atoms with Crippen LogP contribution >= 0.6 is 11.3 Å². The van der Waals surface area contributed by atoms with Gasteiger partial charge >= 0.3 is 0 Å². The van der Waals surface area contributed by atoms with Crippen molar-refractivity contribution < 1.29 is 9.53 Å². The van der Waals surface area contributed by atoms with Crippen molar-refractivity contribution in [2.75, 3.05) is 38.3 Å². The summed E-state index contributed by atoms with van der Waals surface area (Å²) in [6.07, 6.45) is 3.52. The van der Waals surface area contributed by atoms with Crippen LogP contribution in [0.15, 0.2) is 18.3 Å². The minimum atomic E-state index is 0.0978. The number of nitrogens with one attached hydrogen (secondary N) is 1. The molecule has 3 rings (SSSR count). The van der Waals surface area contributed by atoms with E-state index in [-0.39, 0.29) is 11.8 Å². The molecule has 1 aliphatic rings. The third kappa shape index (κ3) is 3.36. The first-order valence-electron chi connectivity index (χ1n) is 7.51. The van der Waals surface area contributed by atoms with E-state index in [0.29, 0.717) is 13.2 Å². The average molecular weight is 320 g/mol. The van der Waals surface area contributed by atoms with Gasteiger partial charge < -0.3 is 15.0 Å². The fourth-order valence-corrected chi connectivity index (χ4v) is 3.61. The molecule has 0 radical (unpaired) electrons. The minimum Gasteiger partial charge on any atom is -0.383 e. The van der Waals surface area contributed by atoms with Crippen molar-refractivity contribution in [3.05, 3.63) is 18.3 Å². The maximum atomic E-state index is 12.0. The van der Waals surface area contributed by atoms with Gasteiger partial charge in [0.1, 0.15) is 10.3 Å². The normalized spacial score (nSPS) is 16.1. The molecule has 1 saturated heterocycles. The zero-order valence-corrected chi connectivity index (χ0v) is 13.4. The number of carbonyl (C=O) groups is 1. The quantitative estimate of drug-likeness (QED) is 0.849. The Morgan fingerprint density at radius 1 is 1.50 bits per heavy atom. The zero-order valence-electron chi connectivity index (χ0n) is 12.6. The van der Waals surface area contributed by atoms with Gasteiger partial charge in [0.25, 0.3) is 0 Å². The van der Waals surface area contributed by atoms with E-state index in [2.05, 4.69) is 20.2 Å². The number of carbonyl (C=O) groups excluding carboxylic acids is 1. The molecule has 6 nitrogen and oxygen atoms in total. The smallest absolute Gasteiger partial charge is 0.223 e. The van der Waals surface area contributed by atoms with Crippen LogP contribution in [0.1, 0.15) is 12.8 Å². The second kappa shape index (κ2) is 7.02. The molecule has 2 aromatic heterocycles. The van der Waals surface area contributed by atoms with Gasteiger partial charge in [-0.05, 0) is 25.0 Å². The Kier molecular flexibility index (Phi) is 4.84. The fraction of sp³-hybridized carbons (Fsp3) is 0.533. The van der Waals surface area contributed by atoms with Crippen LogP contribution in [0.4, 0.5) is 5.13 Å². The van der Waals surface area contributed by atoms with Crippen molar-refractivity contribution in [2.45, 2.75) is 12.8 Å². The van der Waals surface area contributed by atoms with Crippen molar-refractivity contribution >= 4 is 32.7 Å². The van der Waals surface area contributed by atoms with Gasteiger partial charge in [0.2, 0.25) is 5.91 Å². The third-order valence-corrected chi connectivity index (χ3v) is 4.94. The number of fused-ring (bicyclic) bond motifs is 1. The molecule has 0 unspecified atom stereocenters. The van der Waals surface area contributed by atoms with Crippen molar-refractivity contribution in [1.29, 1.82) is 0 Å². The lowest BCUT2D eigenvalue weighted by Crippen LogP contribution is -2.41. The van der Waals surface area contributed by atoms with Crippen LogP contribution in [-0.4, -0.2) is 49.2 Å². The molecule has 3 heterocycles. The molecular weight excluding hydrogens is 300 g/mol. The average Bonchev–Trinajstić information content (AvgIpc) is 2.99. The highest BCUT2D eigenvalue weighted by molar-refractivity contribution is 7.21. The van der Waals surface area contributed by atoms with Gasteiger partial charge in [-0.1, -0.05) is 11.3 Å². The minimum absolute atomic E-state index is 0.0978. The molecule has 1 amide bonds. The van der Waals surface area contributed by atoms with Crippen LogP contribution in [0.5, 0.6) is 0 Å². The second-order valence-corrected chi connectivity index (χ2v) is 6.33. The molecule has 0 atom stereocenters. The van der Waals surface area contributed by atoms with Gasteiger partial charge in [0.05, 0.1) is 6.61 Å². The van der Waals surface area contributed by atoms with E-state index in [1.807, 2.05) is 12.1 Å². The van der Waals surface area contributed by atoms with Gasteiger partial charge in [0, 0.05) is 38.9 Å². The molecule has 0 aromatic carbocycles. The SMILES string of the molecule is COCCNC(=O)C1CCN(c2nc3cccnc3s2)CC1. The maximum absolute atomic E-state index is 12.0. The molecule has 118 valence electrons. The number of nitrogens with zero attached hydrogens (tertiary/aromatic N) is 3. The predicted molar refractivity (Wildman–Crippen MR) is 87.2 cm³/mol. The lowest BCUT2D eigenvalue weighted by atomic mass is 9.96. The summed E-state index contributed by atoms with van der Waals surface area (Å²) in [5, 5.41) is 3.93.